The van der Waals surface area contributed by atoms with Crippen LogP contribution in [0.5, 0.6) is 5.88 Å². The summed E-state index contributed by atoms with van der Waals surface area (Å²) in [5, 5.41) is 4.51. The summed E-state index contributed by atoms with van der Waals surface area (Å²) < 4.78 is 7.70. The van der Waals surface area contributed by atoms with E-state index >= 15 is 0 Å². The first-order valence-electron chi connectivity index (χ1n) is 9.99. The minimum absolute atomic E-state index is 0.187. The molecule has 1 N–H and O–H groups in total. The first-order valence-corrected chi connectivity index (χ1v) is 9.99. The molecule has 0 radical (unpaired) electrons. The average Bonchev–Trinajstić information content (AvgIpc) is 3.51. The number of fused-ring (bicyclic) bond motifs is 1. The van der Waals surface area contributed by atoms with Gasteiger partial charge in [-0.1, -0.05) is 0 Å². The Morgan fingerprint density at radius 3 is 2.79 bits per heavy atom. The van der Waals surface area contributed by atoms with Crippen LogP contribution in [0.3, 0.4) is 0 Å². The van der Waals surface area contributed by atoms with Crippen molar-refractivity contribution >= 4 is 11.6 Å². The number of nitrogens with one attached hydrogen (secondary N) is 1. The van der Waals surface area contributed by atoms with Gasteiger partial charge < -0.3 is 14.6 Å². The molecule has 2 fully saturated rings. The number of aromatic nitrogens is 5. The fraction of sp³-hybridized carbons (Fsp3) is 0.450. The van der Waals surface area contributed by atoms with Crippen molar-refractivity contribution in [1.82, 2.24) is 29.5 Å². The van der Waals surface area contributed by atoms with Crippen molar-refractivity contribution in [3.05, 3.63) is 52.5 Å². The van der Waals surface area contributed by atoms with Crippen LogP contribution in [0.25, 0.3) is 5.65 Å². The van der Waals surface area contributed by atoms with Crippen LogP contribution < -0.4 is 10.3 Å². The van der Waals surface area contributed by atoms with E-state index in [0.29, 0.717) is 37.4 Å². The highest BCUT2D eigenvalue weighted by Crippen LogP contribution is 2.39. The molecule has 9 nitrogen and oxygen atoms in total. The summed E-state index contributed by atoms with van der Waals surface area (Å²) in [6.07, 6.45) is 7.36. The highest BCUT2D eigenvalue weighted by molar-refractivity contribution is 5.92. The van der Waals surface area contributed by atoms with Gasteiger partial charge in [0.05, 0.1) is 24.8 Å². The van der Waals surface area contributed by atoms with Crippen molar-refractivity contribution in [1.29, 1.82) is 0 Å². The Labute approximate surface area is 166 Å². The van der Waals surface area contributed by atoms with Crippen molar-refractivity contribution in [3.63, 3.8) is 0 Å². The number of imidazole rings is 1. The molecule has 1 aliphatic heterocycles. The van der Waals surface area contributed by atoms with Gasteiger partial charge in [0.25, 0.3) is 11.5 Å². The number of ether oxygens (including phenoxy) is 1. The Morgan fingerprint density at radius 1 is 1.21 bits per heavy atom. The summed E-state index contributed by atoms with van der Waals surface area (Å²) in [4.78, 5) is 36.6. The third-order valence-electron chi connectivity index (χ3n) is 5.58. The van der Waals surface area contributed by atoms with Gasteiger partial charge in [-0.05, 0) is 37.7 Å². The molecule has 29 heavy (non-hydrogen) atoms. The quantitative estimate of drug-likeness (QED) is 0.705. The third-order valence-corrected chi connectivity index (χ3v) is 5.58. The molecule has 1 amide bonds. The maximum absolute atomic E-state index is 12.5. The molecule has 0 bridgehead atoms. The van der Waals surface area contributed by atoms with E-state index < -0.39 is 0 Å². The molecular formula is C20H22N6O3. The lowest BCUT2D eigenvalue weighted by Gasteiger charge is -2.31. The number of hydrogen-bond acceptors (Lipinski definition) is 6. The van der Waals surface area contributed by atoms with E-state index in [0.717, 1.165) is 24.2 Å². The number of amides is 1. The van der Waals surface area contributed by atoms with Crippen molar-refractivity contribution in [3.8, 4) is 5.88 Å². The summed E-state index contributed by atoms with van der Waals surface area (Å²) in [7, 11) is 0. The molecule has 150 valence electrons. The Kier molecular flexibility index (Phi) is 4.49. The zero-order valence-electron chi connectivity index (χ0n) is 16.0. The number of nitrogens with zero attached hydrogens (tertiary/aromatic N) is 5. The van der Waals surface area contributed by atoms with E-state index in [1.807, 2.05) is 18.3 Å². The fourth-order valence-electron chi connectivity index (χ4n) is 3.69. The summed E-state index contributed by atoms with van der Waals surface area (Å²) in [6.45, 7) is 1.81. The predicted molar refractivity (Wildman–Crippen MR) is 104 cm³/mol. The number of likely N-dealkylation sites (tertiary alicyclic amines) is 1. The van der Waals surface area contributed by atoms with Gasteiger partial charge in [-0.15, -0.1) is 5.10 Å². The number of aromatic amines is 1. The van der Waals surface area contributed by atoms with E-state index in [2.05, 4.69) is 20.1 Å². The summed E-state index contributed by atoms with van der Waals surface area (Å²) >= 11 is 0. The Balaban J connectivity index is 1.15. The number of piperidine rings is 1. The zero-order chi connectivity index (χ0) is 19.8. The van der Waals surface area contributed by atoms with E-state index in [-0.39, 0.29) is 17.2 Å². The van der Waals surface area contributed by atoms with Crippen LogP contribution in [-0.2, 0) is 0 Å². The van der Waals surface area contributed by atoms with Crippen molar-refractivity contribution in [2.24, 2.45) is 5.92 Å². The van der Waals surface area contributed by atoms with Crippen LogP contribution >= 0.6 is 0 Å². The molecule has 1 aliphatic carbocycles. The van der Waals surface area contributed by atoms with Gasteiger partial charge in [-0.3, -0.25) is 9.59 Å². The largest absolute Gasteiger partial charge is 0.476 e. The van der Waals surface area contributed by atoms with Crippen molar-refractivity contribution in [2.45, 2.75) is 31.6 Å². The van der Waals surface area contributed by atoms with Gasteiger partial charge in [-0.25, -0.2) is 14.5 Å². The van der Waals surface area contributed by atoms with Crippen LogP contribution in [0.1, 0.15) is 47.8 Å². The maximum Gasteiger partial charge on any atom is 0.272 e. The van der Waals surface area contributed by atoms with Gasteiger partial charge >= 0.3 is 0 Å². The summed E-state index contributed by atoms with van der Waals surface area (Å²) in [6, 6.07) is 5.03. The molecule has 1 saturated heterocycles. The SMILES string of the molecule is O=C(c1cc(=O)[nH]cn1)N1CCC(COc2ccc3nc(C4CC4)cn3n2)CC1. The van der Waals surface area contributed by atoms with Gasteiger partial charge in [-0.2, -0.15) is 0 Å². The topological polar surface area (TPSA) is 105 Å². The van der Waals surface area contributed by atoms with Crippen LogP contribution in [-0.4, -0.2) is 55.1 Å². The summed E-state index contributed by atoms with van der Waals surface area (Å²) in [5.41, 5.74) is 1.83. The monoisotopic (exact) mass is 394 g/mol. The lowest BCUT2D eigenvalue weighted by atomic mass is 9.97. The van der Waals surface area contributed by atoms with E-state index in [1.54, 1.807) is 9.42 Å². The van der Waals surface area contributed by atoms with Crippen LogP contribution in [0, 0.1) is 5.92 Å². The maximum atomic E-state index is 12.5. The Morgan fingerprint density at radius 2 is 2.03 bits per heavy atom. The number of hydrogen-bond donors (Lipinski definition) is 1. The molecule has 4 heterocycles. The number of rotatable bonds is 5. The normalized spacial score (nSPS) is 17.6. The lowest BCUT2D eigenvalue weighted by molar-refractivity contribution is 0.0652. The minimum atomic E-state index is -0.321. The molecule has 0 atom stereocenters. The number of H-pyrrole nitrogens is 1. The van der Waals surface area contributed by atoms with Gasteiger partial charge in [0.1, 0.15) is 5.69 Å². The van der Waals surface area contributed by atoms with E-state index in [9.17, 15) is 9.59 Å². The molecule has 3 aromatic heterocycles. The smallest absolute Gasteiger partial charge is 0.272 e. The second kappa shape index (κ2) is 7.31. The Bertz CT molecular complexity index is 1090. The van der Waals surface area contributed by atoms with Crippen LogP contribution in [0.4, 0.5) is 0 Å². The standard InChI is InChI=1S/C20H22N6O3/c27-18-9-15(21-12-22-18)20(28)25-7-5-13(6-8-25)11-29-19-4-3-17-23-16(14-1-2-14)10-26(17)24-19/h3-4,9-10,12-14H,1-2,5-8,11H2,(H,21,22,27). The fourth-order valence-corrected chi connectivity index (χ4v) is 3.69. The molecule has 9 heteroatoms. The summed E-state index contributed by atoms with van der Waals surface area (Å²) in [5.74, 6) is 1.34. The molecular weight excluding hydrogens is 372 g/mol. The number of carbonyl (C=O) groups is 1. The second-order valence-electron chi connectivity index (χ2n) is 7.76. The molecule has 0 spiro atoms. The highest BCUT2D eigenvalue weighted by atomic mass is 16.5. The third kappa shape index (κ3) is 3.85. The lowest BCUT2D eigenvalue weighted by Crippen LogP contribution is -2.40. The highest BCUT2D eigenvalue weighted by Gasteiger charge is 2.27. The minimum Gasteiger partial charge on any atom is -0.476 e. The molecule has 0 unspecified atom stereocenters. The first-order chi connectivity index (χ1) is 14.2. The van der Waals surface area contributed by atoms with Gasteiger partial charge in [0, 0.05) is 31.1 Å². The zero-order valence-corrected chi connectivity index (χ0v) is 16.0. The Hall–Kier alpha value is -3.23. The van der Waals surface area contributed by atoms with Crippen LogP contribution in [0.15, 0.2) is 35.5 Å². The molecule has 1 saturated carbocycles. The molecule has 3 aromatic rings. The second-order valence-corrected chi connectivity index (χ2v) is 7.76. The average molecular weight is 394 g/mol. The van der Waals surface area contributed by atoms with E-state index in [4.69, 9.17) is 4.74 Å². The van der Waals surface area contributed by atoms with Crippen molar-refractivity contribution in [2.75, 3.05) is 19.7 Å². The molecule has 0 aromatic carbocycles. The van der Waals surface area contributed by atoms with Crippen LogP contribution in [0.2, 0.25) is 0 Å². The molecule has 5 rings (SSSR count). The van der Waals surface area contributed by atoms with Gasteiger partial charge in [0.2, 0.25) is 5.88 Å². The number of carbonyl (C=O) groups excluding carboxylic acids is 1. The predicted octanol–water partition coefficient (Wildman–Crippen LogP) is 1.62. The van der Waals surface area contributed by atoms with Gasteiger partial charge in [0.15, 0.2) is 5.65 Å². The van der Waals surface area contributed by atoms with Crippen molar-refractivity contribution < 1.29 is 9.53 Å². The first kappa shape index (κ1) is 17.8. The van der Waals surface area contributed by atoms with E-state index in [1.165, 1.54) is 25.2 Å². The molecule has 2 aliphatic rings.